The molecule has 0 aliphatic carbocycles. The van der Waals surface area contributed by atoms with E-state index in [-0.39, 0.29) is 42.3 Å². The zero-order valence-corrected chi connectivity index (χ0v) is 21.3. The molecule has 6 nitrogen and oxygen atoms in total. The van der Waals surface area contributed by atoms with Gasteiger partial charge in [0.1, 0.15) is 0 Å². The third-order valence-electron chi connectivity index (χ3n) is 4.31. The summed E-state index contributed by atoms with van der Waals surface area (Å²) < 4.78 is 10.4. The zero-order chi connectivity index (χ0) is 21.3. The molecule has 0 heterocycles. The second-order valence-corrected chi connectivity index (χ2v) is 7.23. The van der Waals surface area contributed by atoms with Crippen molar-refractivity contribution in [1.82, 2.24) is 0 Å². The molecule has 7 heteroatoms. The molecule has 170 valence electrons. The maximum absolute atomic E-state index is 9.81. The molecule has 0 aromatic carbocycles. The Morgan fingerprint density at radius 2 is 1.24 bits per heavy atom. The summed E-state index contributed by atoms with van der Waals surface area (Å²) in [5, 5.41) is 27.2. The molecule has 1 unspecified atom stereocenters. The number of aliphatic hydroxyl groups excluding tert-OH is 2. The van der Waals surface area contributed by atoms with Gasteiger partial charge in [0.05, 0.1) is 39.1 Å². The molecular weight excluding hydrogens is 383 g/mol. The minimum Gasteiger partial charge on any atom is -0.550 e. The third kappa shape index (κ3) is 39.4. The number of hydrogen-bond donors (Lipinski definition) is 2. The minimum atomic E-state index is -1.08. The number of hydrogen-bond acceptors (Lipinski definition) is 6. The maximum Gasteiger partial charge on any atom is 1.00 e. The molecule has 0 aromatic heterocycles. The normalized spacial score (nSPS) is 11.3. The zero-order valence-electron chi connectivity index (χ0n) is 19.3. The van der Waals surface area contributed by atoms with Crippen molar-refractivity contribution in [3.8, 4) is 0 Å². The monoisotopic (exact) mass is 428 g/mol. The number of carbonyl (C=O) groups excluding carboxylic acids is 1. The van der Waals surface area contributed by atoms with Gasteiger partial charge in [-0.1, -0.05) is 84.0 Å². The Hall–Kier alpha value is 0.310. The summed E-state index contributed by atoms with van der Waals surface area (Å²) in [5.41, 5.74) is 0. The number of carboxylic acid groups (broad SMARTS) is 1. The third-order valence-corrected chi connectivity index (χ3v) is 4.31. The van der Waals surface area contributed by atoms with Crippen LogP contribution in [0.25, 0.3) is 0 Å². The van der Waals surface area contributed by atoms with E-state index in [0.717, 1.165) is 19.8 Å². The molecule has 29 heavy (non-hydrogen) atoms. The predicted octanol–water partition coefficient (Wildman–Crippen LogP) is 0.224. The van der Waals surface area contributed by atoms with Gasteiger partial charge in [0, 0.05) is 5.97 Å². The predicted molar refractivity (Wildman–Crippen MR) is 111 cm³/mol. The smallest absolute Gasteiger partial charge is 0.550 e. The summed E-state index contributed by atoms with van der Waals surface area (Å²) >= 11 is 0. The number of ether oxygens (including phenoxy) is 2. The quantitative estimate of drug-likeness (QED) is 0.213. The summed E-state index contributed by atoms with van der Waals surface area (Å²) in [5.74, 6) is -1.08. The standard InChI is InChI=1S/C20H42O4.C2H4O2.Na/c1-2-3-4-5-6-7-8-9-10-11-12-13-14-20(22)19-24-18-17-23-16-15-21;1-2(3)4;/h20-22H,2-19H2,1H3;1H3,(H,3,4);/q;;+1/p-1. The molecular formula is C22H45NaO6. The Morgan fingerprint density at radius 3 is 1.69 bits per heavy atom. The first-order valence-electron chi connectivity index (χ1n) is 11.2. The van der Waals surface area contributed by atoms with Crippen molar-refractivity contribution in [3.63, 3.8) is 0 Å². The topological polar surface area (TPSA) is 99.1 Å². The van der Waals surface area contributed by atoms with Crippen LogP contribution in [0.5, 0.6) is 0 Å². The fourth-order valence-corrected chi connectivity index (χ4v) is 2.81. The van der Waals surface area contributed by atoms with Gasteiger partial charge in [-0.05, 0) is 13.3 Å². The first-order chi connectivity index (χ1) is 13.5. The fraction of sp³-hybridized carbons (Fsp3) is 0.955. The van der Waals surface area contributed by atoms with Crippen LogP contribution in [0.1, 0.15) is 97.3 Å². The largest absolute Gasteiger partial charge is 1.00 e. The van der Waals surface area contributed by atoms with Crippen LogP contribution in [0.15, 0.2) is 0 Å². The molecule has 0 aliphatic heterocycles. The van der Waals surface area contributed by atoms with Gasteiger partial charge >= 0.3 is 29.6 Å². The van der Waals surface area contributed by atoms with E-state index in [4.69, 9.17) is 24.5 Å². The number of carboxylic acids is 1. The number of aliphatic hydroxyl groups is 2. The van der Waals surface area contributed by atoms with Crippen LogP contribution >= 0.6 is 0 Å². The van der Waals surface area contributed by atoms with E-state index in [1.165, 1.54) is 70.6 Å². The van der Waals surface area contributed by atoms with Crippen molar-refractivity contribution in [3.05, 3.63) is 0 Å². The van der Waals surface area contributed by atoms with Gasteiger partial charge in [-0.15, -0.1) is 0 Å². The summed E-state index contributed by atoms with van der Waals surface area (Å²) in [6, 6.07) is 0. The van der Waals surface area contributed by atoms with Crippen LogP contribution < -0.4 is 34.7 Å². The fourth-order valence-electron chi connectivity index (χ4n) is 2.81. The summed E-state index contributed by atoms with van der Waals surface area (Å²) in [4.78, 5) is 8.89. The van der Waals surface area contributed by atoms with Gasteiger partial charge in [-0.3, -0.25) is 0 Å². The Kier molecular flexibility index (Phi) is 35.7. The molecule has 0 bridgehead atoms. The Bertz CT molecular complexity index is 301. The van der Waals surface area contributed by atoms with Gasteiger partial charge in [-0.2, -0.15) is 0 Å². The van der Waals surface area contributed by atoms with Crippen molar-refractivity contribution < 1.29 is 59.1 Å². The molecule has 1 atom stereocenters. The van der Waals surface area contributed by atoms with E-state index < -0.39 is 5.97 Å². The molecule has 0 spiro atoms. The SMILES string of the molecule is CC(=O)[O-].CCCCCCCCCCCCCCC(O)COCCOCCO.[Na+]. The Labute approximate surface area is 201 Å². The Balaban J connectivity index is -0.00000123. The first-order valence-corrected chi connectivity index (χ1v) is 11.2. The summed E-state index contributed by atoms with van der Waals surface area (Å²) in [6.45, 7) is 4.98. The first kappa shape index (κ1) is 33.9. The Morgan fingerprint density at radius 1 is 0.828 bits per heavy atom. The maximum atomic E-state index is 9.81. The van der Waals surface area contributed by atoms with Crippen molar-refractivity contribution in [2.24, 2.45) is 0 Å². The molecule has 0 saturated heterocycles. The van der Waals surface area contributed by atoms with Crippen molar-refractivity contribution in [2.45, 2.75) is 103 Å². The van der Waals surface area contributed by atoms with Crippen molar-refractivity contribution in [1.29, 1.82) is 0 Å². The van der Waals surface area contributed by atoms with Crippen LogP contribution in [0.3, 0.4) is 0 Å². The van der Waals surface area contributed by atoms with Gasteiger partial charge in [0.15, 0.2) is 0 Å². The summed E-state index contributed by atoms with van der Waals surface area (Å²) in [7, 11) is 0. The van der Waals surface area contributed by atoms with Gasteiger partial charge < -0.3 is 29.6 Å². The number of unbranched alkanes of at least 4 members (excludes halogenated alkanes) is 11. The van der Waals surface area contributed by atoms with E-state index in [1.807, 2.05) is 0 Å². The summed E-state index contributed by atoms with van der Waals surface area (Å²) in [6.07, 6.45) is 16.5. The second kappa shape index (κ2) is 30.5. The van der Waals surface area contributed by atoms with E-state index >= 15 is 0 Å². The van der Waals surface area contributed by atoms with Crippen LogP contribution in [0.2, 0.25) is 0 Å². The van der Waals surface area contributed by atoms with Crippen LogP contribution in [-0.2, 0) is 14.3 Å². The van der Waals surface area contributed by atoms with Crippen LogP contribution in [0.4, 0.5) is 0 Å². The molecule has 0 aromatic rings. The average molecular weight is 429 g/mol. The van der Waals surface area contributed by atoms with E-state index in [2.05, 4.69) is 6.92 Å². The van der Waals surface area contributed by atoms with E-state index in [9.17, 15) is 5.11 Å². The molecule has 0 radical (unpaired) electrons. The van der Waals surface area contributed by atoms with Crippen LogP contribution in [-0.4, -0.2) is 55.3 Å². The van der Waals surface area contributed by atoms with Crippen molar-refractivity contribution >= 4 is 5.97 Å². The molecule has 0 rings (SSSR count). The van der Waals surface area contributed by atoms with Gasteiger partial charge in [0.25, 0.3) is 0 Å². The average Bonchev–Trinajstić information content (AvgIpc) is 2.65. The van der Waals surface area contributed by atoms with Crippen LogP contribution in [0, 0.1) is 0 Å². The van der Waals surface area contributed by atoms with Gasteiger partial charge in [-0.25, -0.2) is 0 Å². The number of aliphatic carboxylic acids is 1. The van der Waals surface area contributed by atoms with E-state index in [1.54, 1.807) is 0 Å². The van der Waals surface area contributed by atoms with E-state index in [0.29, 0.717) is 26.4 Å². The number of rotatable bonds is 20. The minimum absolute atomic E-state index is 0. The number of carbonyl (C=O) groups is 1. The van der Waals surface area contributed by atoms with Gasteiger partial charge in [0.2, 0.25) is 0 Å². The molecule has 0 amide bonds. The second-order valence-electron chi connectivity index (χ2n) is 7.23. The van der Waals surface area contributed by atoms with Crippen molar-refractivity contribution in [2.75, 3.05) is 33.0 Å². The molecule has 2 N–H and O–H groups in total. The molecule has 0 fully saturated rings. The molecule has 0 aliphatic rings. The molecule has 0 saturated carbocycles.